The van der Waals surface area contributed by atoms with Crippen molar-refractivity contribution in [2.45, 2.75) is 20.8 Å². The van der Waals surface area contributed by atoms with Gasteiger partial charge in [-0.2, -0.15) is 5.10 Å². The fourth-order valence-electron chi connectivity index (χ4n) is 2.34. The summed E-state index contributed by atoms with van der Waals surface area (Å²) >= 11 is 3.32. The zero-order chi connectivity index (χ0) is 19.3. The van der Waals surface area contributed by atoms with Crippen molar-refractivity contribution in [3.05, 3.63) is 51.0 Å². The van der Waals surface area contributed by atoms with Gasteiger partial charge in [0.2, 0.25) is 0 Å². The summed E-state index contributed by atoms with van der Waals surface area (Å²) < 4.78 is 11.4. The number of ether oxygens (including phenoxy) is 2. The van der Waals surface area contributed by atoms with E-state index in [2.05, 4.69) is 26.5 Å². The summed E-state index contributed by atoms with van der Waals surface area (Å²) in [5.74, 6) is 0.554. The number of phenols is 1. The maximum absolute atomic E-state index is 11.9. The maximum Gasteiger partial charge on any atom is 0.277 e. The van der Waals surface area contributed by atoms with Gasteiger partial charge in [0.05, 0.1) is 13.3 Å². The molecule has 138 valence electrons. The molecule has 0 aromatic heterocycles. The van der Waals surface area contributed by atoms with E-state index in [9.17, 15) is 9.90 Å². The molecule has 2 N–H and O–H groups in total. The number of hydrogen-bond donors (Lipinski definition) is 2. The van der Waals surface area contributed by atoms with Crippen molar-refractivity contribution in [1.82, 2.24) is 5.43 Å². The third-order valence-corrected chi connectivity index (χ3v) is 4.36. The lowest BCUT2D eigenvalue weighted by molar-refractivity contribution is -0.123. The Morgan fingerprint density at radius 1 is 1.27 bits per heavy atom. The highest BCUT2D eigenvalue weighted by Crippen LogP contribution is 2.32. The lowest BCUT2D eigenvalue weighted by atomic mass is 10.1. The normalized spacial score (nSPS) is 10.8. The molecule has 2 aromatic rings. The van der Waals surface area contributed by atoms with Crippen molar-refractivity contribution in [3.63, 3.8) is 0 Å². The first-order chi connectivity index (χ1) is 12.3. The number of methoxy groups -OCH3 is 1. The van der Waals surface area contributed by atoms with Gasteiger partial charge < -0.3 is 14.6 Å². The quantitative estimate of drug-likeness (QED) is 0.552. The Labute approximate surface area is 161 Å². The first-order valence-corrected chi connectivity index (χ1v) is 8.70. The van der Waals surface area contributed by atoms with Crippen molar-refractivity contribution in [2.24, 2.45) is 5.10 Å². The maximum atomic E-state index is 11.9. The molecule has 0 aliphatic carbocycles. The first kappa shape index (κ1) is 19.8. The van der Waals surface area contributed by atoms with Crippen LogP contribution in [0.1, 0.15) is 22.3 Å². The van der Waals surface area contributed by atoms with Crippen LogP contribution in [-0.4, -0.2) is 30.9 Å². The molecule has 2 aromatic carbocycles. The van der Waals surface area contributed by atoms with Crippen molar-refractivity contribution < 1.29 is 19.4 Å². The van der Waals surface area contributed by atoms with Gasteiger partial charge in [-0.3, -0.25) is 4.79 Å². The molecule has 0 radical (unpaired) electrons. The summed E-state index contributed by atoms with van der Waals surface area (Å²) in [6.45, 7) is 5.72. The van der Waals surface area contributed by atoms with E-state index in [1.165, 1.54) is 13.3 Å². The fourth-order valence-corrected chi connectivity index (χ4v) is 2.79. The molecule has 0 heterocycles. The summed E-state index contributed by atoms with van der Waals surface area (Å²) in [7, 11) is 1.46. The summed E-state index contributed by atoms with van der Waals surface area (Å²) in [5.41, 5.74) is 5.86. The van der Waals surface area contributed by atoms with Crippen molar-refractivity contribution in [3.8, 4) is 17.2 Å². The van der Waals surface area contributed by atoms with Crippen LogP contribution in [-0.2, 0) is 4.79 Å². The Balaban J connectivity index is 1.99. The van der Waals surface area contributed by atoms with E-state index in [0.717, 1.165) is 16.7 Å². The second-order valence-corrected chi connectivity index (χ2v) is 6.70. The van der Waals surface area contributed by atoms with E-state index >= 15 is 0 Å². The minimum atomic E-state index is -0.400. The lowest BCUT2D eigenvalue weighted by Gasteiger charge is -2.13. The molecule has 6 nitrogen and oxygen atoms in total. The minimum absolute atomic E-state index is 0.0593. The van der Waals surface area contributed by atoms with Gasteiger partial charge in [-0.1, -0.05) is 28.1 Å². The van der Waals surface area contributed by atoms with Gasteiger partial charge in [-0.15, -0.1) is 0 Å². The highest BCUT2D eigenvalue weighted by Gasteiger charge is 2.10. The molecule has 0 bridgehead atoms. The van der Waals surface area contributed by atoms with E-state index in [1.807, 2.05) is 32.9 Å². The van der Waals surface area contributed by atoms with Crippen LogP contribution < -0.4 is 14.9 Å². The number of benzene rings is 2. The number of rotatable bonds is 6. The van der Waals surface area contributed by atoms with Gasteiger partial charge in [0, 0.05) is 10.0 Å². The van der Waals surface area contributed by atoms with E-state index in [1.54, 1.807) is 12.1 Å². The predicted molar refractivity (Wildman–Crippen MR) is 104 cm³/mol. The fraction of sp³-hybridized carbons (Fsp3) is 0.263. The number of carbonyl (C=O) groups excluding carboxylic acids is 1. The smallest absolute Gasteiger partial charge is 0.277 e. The second kappa shape index (κ2) is 8.71. The molecule has 0 atom stereocenters. The van der Waals surface area contributed by atoms with Crippen LogP contribution in [0.5, 0.6) is 17.2 Å². The molecular formula is C19H21BrN2O4. The zero-order valence-corrected chi connectivity index (χ0v) is 16.7. The number of nitrogens with zero attached hydrogens (tertiary/aromatic N) is 1. The molecular weight excluding hydrogens is 400 g/mol. The molecule has 26 heavy (non-hydrogen) atoms. The standard InChI is InChI=1S/C19H21BrN2O4/c1-11-5-6-12(2)19(13(11)3)26-10-17(23)22-21-9-14-7-15(20)8-16(25-4)18(14)24/h5-9,24H,10H2,1-4H3,(H,22,23)/b21-9+. The highest BCUT2D eigenvalue weighted by molar-refractivity contribution is 9.10. The summed E-state index contributed by atoms with van der Waals surface area (Å²) in [4.78, 5) is 11.9. The van der Waals surface area contributed by atoms with Gasteiger partial charge in [0.1, 0.15) is 5.75 Å². The van der Waals surface area contributed by atoms with Crippen LogP contribution in [0, 0.1) is 20.8 Å². The molecule has 0 aliphatic heterocycles. The number of halogens is 1. The number of carbonyl (C=O) groups is 1. The van der Waals surface area contributed by atoms with Gasteiger partial charge >= 0.3 is 0 Å². The van der Waals surface area contributed by atoms with E-state index < -0.39 is 5.91 Å². The molecule has 7 heteroatoms. The molecule has 0 saturated heterocycles. The van der Waals surface area contributed by atoms with Crippen LogP contribution in [0.15, 0.2) is 33.8 Å². The topological polar surface area (TPSA) is 80.2 Å². The Hall–Kier alpha value is -2.54. The van der Waals surface area contributed by atoms with Gasteiger partial charge in [0.25, 0.3) is 5.91 Å². The van der Waals surface area contributed by atoms with Crippen LogP contribution in [0.25, 0.3) is 0 Å². The average molecular weight is 421 g/mol. The molecule has 0 fully saturated rings. The highest BCUT2D eigenvalue weighted by atomic mass is 79.9. The van der Waals surface area contributed by atoms with Crippen LogP contribution in [0.3, 0.4) is 0 Å². The third kappa shape index (κ3) is 4.76. The number of nitrogens with one attached hydrogen (secondary N) is 1. The van der Waals surface area contributed by atoms with Gasteiger partial charge in [0.15, 0.2) is 18.1 Å². The predicted octanol–water partition coefficient (Wildman–Crippen LogP) is 3.62. The number of hydrazone groups is 1. The Morgan fingerprint density at radius 3 is 2.65 bits per heavy atom. The first-order valence-electron chi connectivity index (χ1n) is 7.91. The summed E-state index contributed by atoms with van der Waals surface area (Å²) in [6, 6.07) is 7.26. The van der Waals surface area contributed by atoms with Crippen molar-refractivity contribution in [2.75, 3.05) is 13.7 Å². The Bertz CT molecular complexity index is 850. The van der Waals surface area contributed by atoms with Gasteiger partial charge in [-0.25, -0.2) is 5.43 Å². The molecule has 0 saturated carbocycles. The van der Waals surface area contributed by atoms with Gasteiger partial charge in [-0.05, 0) is 49.6 Å². The van der Waals surface area contributed by atoms with E-state index in [-0.39, 0.29) is 12.4 Å². The van der Waals surface area contributed by atoms with E-state index in [4.69, 9.17) is 9.47 Å². The van der Waals surface area contributed by atoms with Crippen molar-refractivity contribution in [1.29, 1.82) is 0 Å². The molecule has 0 spiro atoms. The van der Waals surface area contributed by atoms with Crippen LogP contribution in [0.4, 0.5) is 0 Å². The molecule has 0 unspecified atom stereocenters. The Kier molecular flexibility index (Phi) is 6.63. The summed E-state index contributed by atoms with van der Waals surface area (Å²) in [5, 5.41) is 13.9. The van der Waals surface area contributed by atoms with E-state index in [0.29, 0.717) is 21.5 Å². The average Bonchev–Trinajstić information content (AvgIpc) is 2.60. The zero-order valence-electron chi connectivity index (χ0n) is 15.1. The number of amides is 1. The van der Waals surface area contributed by atoms with Crippen LogP contribution in [0.2, 0.25) is 0 Å². The number of hydrogen-bond acceptors (Lipinski definition) is 5. The molecule has 2 rings (SSSR count). The van der Waals surface area contributed by atoms with Crippen molar-refractivity contribution >= 4 is 28.1 Å². The number of aromatic hydroxyl groups is 1. The third-order valence-electron chi connectivity index (χ3n) is 3.90. The second-order valence-electron chi connectivity index (χ2n) is 5.78. The largest absolute Gasteiger partial charge is 0.504 e. The lowest BCUT2D eigenvalue weighted by Crippen LogP contribution is -2.25. The monoisotopic (exact) mass is 420 g/mol. The number of phenolic OH excluding ortho intramolecular Hbond substituents is 1. The molecule has 1 amide bonds. The van der Waals surface area contributed by atoms with Crippen LogP contribution >= 0.6 is 15.9 Å². The number of aryl methyl sites for hydroxylation is 2. The SMILES string of the molecule is COc1cc(Br)cc(/C=N/NC(=O)COc2c(C)ccc(C)c2C)c1O. The Morgan fingerprint density at radius 2 is 1.96 bits per heavy atom. The summed E-state index contributed by atoms with van der Waals surface area (Å²) in [6.07, 6.45) is 1.34. The minimum Gasteiger partial charge on any atom is -0.504 e. The molecule has 0 aliphatic rings.